The topological polar surface area (TPSA) is 152 Å². The average molecular weight is 460 g/mol. The zero-order valence-corrected chi connectivity index (χ0v) is 17.6. The van der Waals surface area contributed by atoms with E-state index in [1.54, 1.807) is 12.2 Å². The number of alkyl halides is 3. The Bertz CT molecular complexity index is 729. The predicted molar refractivity (Wildman–Crippen MR) is 106 cm³/mol. The van der Waals surface area contributed by atoms with E-state index in [9.17, 15) is 32.7 Å². The third-order valence-corrected chi connectivity index (χ3v) is 4.30. The molecule has 1 amide bonds. The summed E-state index contributed by atoms with van der Waals surface area (Å²) in [7, 11) is 0. The molecule has 0 aliphatic carbocycles. The van der Waals surface area contributed by atoms with Gasteiger partial charge in [0.05, 0.1) is 6.61 Å². The monoisotopic (exact) mass is 460 g/mol. The van der Waals surface area contributed by atoms with Gasteiger partial charge in [-0.1, -0.05) is 30.3 Å². The number of aliphatic carboxylic acids is 1. The van der Waals surface area contributed by atoms with E-state index in [4.69, 9.17) is 15.5 Å². The molecular weight excluding hydrogens is 433 g/mol. The van der Waals surface area contributed by atoms with E-state index in [0.29, 0.717) is 12.8 Å². The maximum absolute atomic E-state index is 12.2. The minimum absolute atomic E-state index is 0.0818. The molecule has 32 heavy (non-hydrogen) atoms. The summed E-state index contributed by atoms with van der Waals surface area (Å²) in [5, 5.41) is 26.0. The normalized spacial score (nSPS) is 12.6. The highest BCUT2D eigenvalue weighted by Crippen LogP contribution is 2.14. The van der Waals surface area contributed by atoms with Gasteiger partial charge in [-0.2, -0.15) is 13.2 Å². The SMILES string of the molecule is CCOC(=O)C(CCc1ccccc1)N[C@@H](CCCCNC(=O)C(F)(F)F)C(=O)O.N#N. The maximum atomic E-state index is 12.2. The van der Waals surface area contributed by atoms with Crippen molar-refractivity contribution in [3.63, 3.8) is 0 Å². The van der Waals surface area contributed by atoms with Crippen LogP contribution >= 0.6 is 0 Å². The summed E-state index contributed by atoms with van der Waals surface area (Å²) in [5.41, 5.74) is 0.987. The third-order valence-electron chi connectivity index (χ3n) is 4.30. The minimum atomic E-state index is -4.95. The molecule has 178 valence electrons. The lowest BCUT2D eigenvalue weighted by Crippen LogP contribution is -2.48. The second-order valence-corrected chi connectivity index (χ2v) is 6.64. The van der Waals surface area contributed by atoms with Gasteiger partial charge in [-0.25, -0.2) is 0 Å². The fourth-order valence-electron chi connectivity index (χ4n) is 2.76. The van der Waals surface area contributed by atoms with Gasteiger partial charge in [-0.15, -0.1) is 0 Å². The summed E-state index contributed by atoms with van der Waals surface area (Å²) in [6.07, 6.45) is -3.59. The van der Waals surface area contributed by atoms with E-state index in [0.717, 1.165) is 5.56 Å². The van der Waals surface area contributed by atoms with E-state index in [2.05, 4.69) is 5.32 Å². The smallest absolute Gasteiger partial charge is 0.471 e. The first-order chi connectivity index (χ1) is 15.1. The number of ether oxygens (including phenoxy) is 1. The number of carbonyl (C=O) groups is 3. The van der Waals surface area contributed by atoms with Crippen molar-refractivity contribution >= 4 is 17.8 Å². The predicted octanol–water partition coefficient (Wildman–Crippen LogP) is 2.47. The van der Waals surface area contributed by atoms with Gasteiger partial charge < -0.3 is 15.2 Å². The summed E-state index contributed by atoms with van der Waals surface area (Å²) in [6, 6.07) is 7.46. The molecule has 1 rings (SSSR count). The number of carboxylic acid groups (broad SMARTS) is 1. The number of carbonyl (C=O) groups excluding carboxylic acids is 2. The van der Waals surface area contributed by atoms with Gasteiger partial charge >= 0.3 is 24.0 Å². The Morgan fingerprint density at radius 2 is 1.69 bits per heavy atom. The van der Waals surface area contributed by atoms with E-state index in [1.807, 2.05) is 30.3 Å². The molecule has 0 aliphatic heterocycles. The average Bonchev–Trinajstić information content (AvgIpc) is 2.76. The number of halogens is 3. The Morgan fingerprint density at radius 3 is 2.22 bits per heavy atom. The number of unbranched alkanes of at least 4 members (excludes halogenated alkanes) is 1. The van der Waals surface area contributed by atoms with Gasteiger partial charge in [0.15, 0.2) is 0 Å². The molecule has 12 heteroatoms. The first-order valence-electron chi connectivity index (χ1n) is 9.89. The van der Waals surface area contributed by atoms with Gasteiger partial charge in [-0.3, -0.25) is 19.7 Å². The fourth-order valence-corrected chi connectivity index (χ4v) is 2.76. The lowest BCUT2D eigenvalue weighted by atomic mass is 10.0. The molecule has 0 bridgehead atoms. The number of nitrogens with zero attached hydrogens (tertiary/aromatic N) is 2. The van der Waals surface area contributed by atoms with Crippen molar-refractivity contribution in [2.24, 2.45) is 0 Å². The lowest BCUT2D eigenvalue weighted by Gasteiger charge is -2.22. The molecule has 2 atom stereocenters. The summed E-state index contributed by atoms with van der Waals surface area (Å²) in [5.74, 6) is -3.76. The second kappa shape index (κ2) is 15.6. The van der Waals surface area contributed by atoms with Crippen LogP contribution in [-0.2, 0) is 25.5 Å². The van der Waals surface area contributed by atoms with Crippen molar-refractivity contribution in [1.29, 1.82) is 10.8 Å². The van der Waals surface area contributed by atoms with Gasteiger partial charge in [0.2, 0.25) is 0 Å². The maximum Gasteiger partial charge on any atom is 0.471 e. The van der Waals surface area contributed by atoms with E-state index < -0.39 is 36.1 Å². The van der Waals surface area contributed by atoms with E-state index in [-0.39, 0.29) is 32.4 Å². The number of carboxylic acids is 1. The van der Waals surface area contributed by atoms with Crippen LogP contribution in [0.3, 0.4) is 0 Å². The summed E-state index contributed by atoms with van der Waals surface area (Å²) >= 11 is 0. The number of hydrogen-bond acceptors (Lipinski definition) is 7. The molecule has 1 aromatic rings. The van der Waals surface area contributed by atoms with Crippen molar-refractivity contribution in [3.8, 4) is 0 Å². The van der Waals surface area contributed by atoms with Crippen molar-refractivity contribution in [2.75, 3.05) is 13.2 Å². The van der Waals surface area contributed by atoms with Crippen LogP contribution in [0.25, 0.3) is 0 Å². The quantitative estimate of drug-likeness (QED) is 0.231. The number of benzene rings is 1. The minimum Gasteiger partial charge on any atom is -0.480 e. The number of esters is 1. The molecule has 0 saturated carbocycles. The standard InChI is InChI=1S/C20H27F3N2O5.N2/c1-2-30-18(28)16(12-11-14-8-4-3-5-9-14)25-15(17(26)27)10-6-7-13-24-19(29)20(21,22)23;1-2/h3-5,8-9,15-16,25H,2,6-7,10-13H2,1H3,(H,24,29)(H,26,27);/t15-,16?;/m0./s1. The number of rotatable bonds is 13. The van der Waals surface area contributed by atoms with Crippen LogP contribution in [0.15, 0.2) is 30.3 Å². The molecular formula is C20H27F3N4O5. The number of amides is 1. The molecule has 9 nitrogen and oxygen atoms in total. The molecule has 0 spiro atoms. The summed E-state index contributed by atoms with van der Waals surface area (Å²) in [4.78, 5) is 34.5. The molecule has 0 radical (unpaired) electrons. The van der Waals surface area contributed by atoms with E-state index >= 15 is 0 Å². The van der Waals surface area contributed by atoms with Gasteiger partial charge in [0.25, 0.3) is 0 Å². The summed E-state index contributed by atoms with van der Waals surface area (Å²) in [6.45, 7) is 1.58. The lowest BCUT2D eigenvalue weighted by molar-refractivity contribution is -0.173. The van der Waals surface area contributed by atoms with Crippen molar-refractivity contribution in [2.45, 2.75) is 57.3 Å². The molecule has 1 unspecified atom stereocenters. The van der Waals surface area contributed by atoms with Crippen LogP contribution in [0.4, 0.5) is 13.2 Å². The Hall–Kier alpha value is -3.20. The Balaban J connectivity index is 0.00000466. The first kappa shape index (κ1) is 28.8. The molecule has 0 saturated heterocycles. The molecule has 0 aromatic heterocycles. The Kier molecular flexibility index (Phi) is 14.0. The number of aryl methyl sites for hydroxylation is 1. The first-order valence-corrected chi connectivity index (χ1v) is 9.89. The molecule has 0 aliphatic rings. The zero-order chi connectivity index (χ0) is 24.6. The zero-order valence-electron chi connectivity index (χ0n) is 17.6. The van der Waals surface area contributed by atoms with Crippen LogP contribution in [-0.4, -0.2) is 54.4 Å². The van der Waals surface area contributed by atoms with Crippen molar-refractivity contribution in [3.05, 3.63) is 35.9 Å². The third kappa shape index (κ3) is 11.8. The van der Waals surface area contributed by atoms with Crippen LogP contribution in [0.2, 0.25) is 0 Å². The van der Waals surface area contributed by atoms with Crippen molar-refractivity contribution < 1.29 is 37.4 Å². The highest BCUT2D eigenvalue weighted by molar-refractivity contribution is 5.81. The molecule has 3 N–H and O–H groups in total. The fraction of sp³-hybridized carbons (Fsp3) is 0.550. The molecule has 1 aromatic carbocycles. The van der Waals surface area contributed by atoms with Gasteiger partial charge in [-0.05, 0) is 44.6 Å². The number of hydrogen-bond donors (Lipinski definition) is 3. The largest absolute Gasteiger partial charge is 0.480 e. The van der Waals surface area contributed by atoms with Crippen molar-refractivity contribution in [1.82, 2.24) is 10.6 Å². The van der Waals surface area contributed by atoms with Crippen LogP contribution in [0, 0.1) is 10.8 Å². The Morgan fingerprint density at radius 1 is 1.06 bits per heavy atom. The van der Waals surface area contributed by atoms with Gasteiger partial charge in [0.1, 0.15) is 12.1 Å². The molecule has 0 fully saturated rings. The molecule has 0 heterocycles. The highest BCUT2D eigenvalue weighted by atomic mass is 19.4. The highest BCUT2D eigenvalue weighted by Gasteiger charge is 2.38. The van der Waals surface area contributed by atoms with Crippen LogP contribution < -0.4 is 10.6 Å². The second-order valence-electron chi connectivity index (χ2n) is 6.64. The van der Waals surface area contributed by atoms with E-state index in [1.165, 1.54) is 0 Å². The number of nitrogens with one attached hydrogen (secondary N) is 2. The van der Waals surface area contributed by atoms with Gasteiger partial charge in [0, 0.05) is 17.3 Å². The van der Waals surface area contributed by atoms with Crippen LogP contribution in [0.5, 0.6) is 0 Å². The summed E-state index contributed by atoms with van der Waals surface area (Å²) < 4.78 is 41.4. The van der Waals surface area contributed by atoms with Crippen LogP contribution in [0.1, 0.15) is 38.2 Å². The Labute approximate surface area is 183 Å².